The Morgan fingerprint density at radius 3 is 2.52 bits per heavy atom. The zero-order valence-corrected chi connectivity index (χ0v) is 23.0. The smallest absolute Gasteiger partial charge is 0.416 e. The molecule has 3 heterocycles. The first-order chi connectivity index (χ1) is 18.9. The first-order valence-corrected chi connectivity index (χ1v) is 15.1. The monoisotopic (exact) mass is 593 g/mol. The topological polar surface area (TPSA) is 119 Å². The van der Waals surface area contributed by atoms with E-state index in [0.29, 0.717) is 70.5 Å². The van der Waals surface area contributed by atoms with E-state index in [1.807, 2.05) is 4.90 Å². The lowest BCUT2D eigenvalue weighted by atomic mass is 9.96. The Balaban J connectivity index is 1.61. The van der Waals surface area contributed by atoms with Crippen molar-refractivity contribution in [1.29, 1.82) is 0 Å². The molecule has 2 aliphatic rings. The van der Waals surface area contributed by atoms with Gasteiger partial charge in [0.1, 0.15) is 0 Å². The van der Waals surface area contributed by atoms with Crippen LogP contribution in [0, 0.1) is 0 Å². The number of aromatic hydroxyl groups is 1. The van der Waals surface area contributed by atoms with Crippen LogP contribution in [0.3, 0.4) is 0 Å². The largest absolute Gasteiger partial charge is 0.492 e. The lowest BCUT2D eigenvalue weighted by Crippen LogP contribution is -2.47. The molecule has 0 atom stereocenters. The molecule has 9 nitrogen and oxygen atoms in total. The summed E-state index contributed by atoms with van der Waals surface area (Å²) in [5, 5.41) is 29.7. The maximum atomic E-state index is 14.1. The van der Waals surface area contributed by atoms with Crippen molar-refractivity contribution in [3.8, 4) is 5.88 Å². The molecule has 0 aliphatic carbocycles. The Bertz CT molecular complexity index is 1700. The van der Waals surface area contributed by atoms with Crippen LogP contribution in [-0.2, 0) is 22.4 Å². The molecule has 2 aliphatic heterocycles. The summed E-state index contributed by atoms with van der Waals surface area (Å²) in [4.78, 5) is 8.35. The van der Waals surface area contributed by atoms with Crippen molar-refractivity contribution in [1.82, 2.24) is 9.88 Å². The van der Waals surface area contributed by atoms with Gasteiger partial charge in [0.15, 0.2) is 15.0 Å². The molecule has 212 valence electrons. The number of aliphatic hydroxyl groups excluding tert-OH is 1. The molecule has 0 radical (unpaired) electrons. The fraction of sp³-hybridized carbons (Fsp3) is 0.346. The van der Waals surface area contributed by atoms with Gasteiger partial charge >= 0.3 is 6.18 Å². The Morgan fingerprint density at radius 1 is 1.10 bits per heavy atom. The summed E-state index contributed by atoms with van der Waals surface area (Å²) < 4.78 is 66.4. The van der Waals surface area contributed by atoms with Crippen LogP contribution in [0.25, 0.3) is 5.57 Å². The van der Waals surface area contributed by atoms with Crippen molar-refractivity contribution in [2.45, 2.75) is 17.5 Å². The van der Waals surface area contributed by atoms with Crippen LogP contribution >= 0.6 is 11.3 Å². The first-order valence-electron chi connectivity index (χ1n) is 12.4. The van der Waals surface area contributed by atoms with E-state index < -0.39 is 26.5 Å². The summed E-state index contributed by atoms with van der Waals surface area (Å²) in [6.07, 6.45) is -2.65. The highest BCUT2D eigenvalue weighted by Crippen LogP contribution is 2.39. The van der Waals surface area contributed by atoms with Crippen molar-refractivity contribution in [3.63, 3.8) is 0 Å². The van der Waals surface area contributed by atoms with Crippen LogP contribution in [0.15, 0.2) is 51.5 Å². The SMILES string of the molecule is CS(=O)(=O)c1ccc(CC(c2sc(N3CCN(CCO)CC3)nc2O)=c2ccc3c(c2)C=NN=3)c(C(F)(F)F)c1. The minimum atomic E-state index is -4.81. The van der Waals surface area contributed by atoms with Gasteiger partial charge in [-0.2, -0.15) is 28.4 Å². The summed E-state index contributed by atoms with van der Waals surface area (Å²) in [6.45, 7) is 3.25. The summed E-state index contributed by atoms with van der Waals surface area (Å²) in [5.74, 6) is -0.298. The second-order valence-corrected chi connectivity index (χ2v) is 12.6. The Morgan fingerprint density at radius 2 is 1.85 bits per heavy atom. The van der Waals surface area contributed by atoms with Crippen LogP contribution in [0.1, 0.15) is 21.6 Å². The molecule has 1 fully saturated rings. The number of aliphatic hydroxyl groups is 1. The molecule has 0 unspecified atom stereocenters. The molecule has 0 amide bonds. The molecule has 0 spiro atoms. The molecule has 1 saturated heterocycles. The highest BCUT2D eigenvalue weighted by Gasteiger charge is 2.35. The average Bonchev–Trinajstić information content (AvgIpc) is 3.53. The molecular weight excluding hydrogens is 567 g/mol. The molecule has 14 heteroatoms. The number of β-amino-alcohol motifs (C(OH)–C–C–N with tert-alkyl or cyclic N) is 1. The number of sulfone groups is 1. The summed E-state index contributed by atoms with van der Waals surface area (Å²) in [6, 6.07) is 8.14. The molecule has 2 aromatic carbocycles. The second-order valence-electron chi connectivity index (χ2n) is 9.56. The van der Waals surface area contributed by atoms with Gasteiger partial charge in [0.2, 0.25) is 5.88 Å². The number of piperazine rings is 1. The molecule has 40 heavy (non-hydrogen) atoms. The summed E-state index contributed by atoms with van der Waals surface area (Å²) in [7, 11) is -3.87. The van der Waals surface area contributed by atoms with E-state index in [-0.39, 0.29) is 24.5 Å². The molecule has 0 bridgehead atoms. The number of hydrogen-bond donors (Lipinski definition) is 2. The standard InChI is InChI=1S/C26H26F3N5O4S2/c1-40(37,38)19-4-2-17(21(14-19)26(27,28)29)13-20(16-3-5-22-18(12-16)15-30-32-22)23-24(36)31-25(39-23)34-8-6-33(7-9-34)10-11-35/h2-5,12,14-15,35-36H,6-11,13H2,1H3. The molecule has 5 rings (SSSR count). The van der Waals surface area contributed by atoms with Crippen LogP contribution in [0.5, 0.6) is 5.88 Å². The average molecular weight is 594 g/mol. The first kappa shape index (κ1) is 28.2. The second kappa shape index (κ2) is 10.9. The third-order valence-corrected chi connectivity index (χ3v) is 9.13. The maximum Gasteiger partial charge on any atom is 0.416 e. The number of aromatic nitrogens is 1. The van der Waals surface area contributed by atoms with Gasteiger partial charge in [0.25, 0.3) is 0 Å². The Hall–Kier alpha value is -3.33. The van der Waals surface area contributed by atoms with Gasteiger partial charge in [-0.1, -0.05) is 23.5 Å². The summed E-state index contributed by atoms with van der Waals surface area (Å²) >= 11 is 1.18. The molecule has 0 saturated carbocycles. The van der Waals surface area contributed by atoms with Gasteiger partial charge in [0.05, 0.1) is 33.5 Å². The minimum absolute atomic E-state index is 0.0599. The van der Waals surface area contributed by atoms with E-state index in [1.54, 1.807) is 24.4 Å². The quantitative estimate of drug-likeness (QED) is 0.429. The minimum Gasteiger partial charge on any atom is -0.492 e. The number of hydrogen-bond acceptors (Lipinski definition) is 10. The number of fused-ring (bicyclic) bond motifs is 1. The van der Waals surface area contributed by atoms with Gasteiger partial charge in [-0.15, -0.1) is 0 Å². The van der Waals surface area contributed by atoms with Crippen LogP contribution in [-0.4, -0.2) is 80.3 Å². The number of thiazole rings is 1. The van der Waals surface area contributed by atoms with Crippen molar-refractivity contribution in [3.05, 3.63) is 68.5 Å². The Labute approximate surface area is 232 Å². The van der Waals surface area contributed by atoms with Gasteiger partial charge in [-0.25, -0.2) is 8.42 Å². The number of benzene rings is 2. The molecular formula is C26H26F3N5O4S2. The van der Waals surface area contributed by atoms with Crippen molar-refractivity contribution in [2.75, 3.05) is 50.5 Å². The lowest BCUT2D eigenvalue weighted by molar-refractivity contribution is -0.138. The van der Waals surface area contributed by atoms with Crippen LogP contribution in [0.4, 0.5) is 18.3 Å². The predicted octanol–water partition coefficient (Wildman–Crippen LogP) is 1.79. The molecule has 3 aromatic rings. The zero-order valence-electron chi connectivity index (χ0n) is 21.4. The van der Waals surface area contributed by atoms with E-state index >= 15 is 0 Å². The van der Waals surface area contributed by atoms with E-state index in [1.165, 1.54) is 17.4 Å². The third-order valence-electron chi connectivity index (χ3n) is 6.85. The molecule has 1 aromatic heterocycles. The number of alkyl halides is 3. The third kappa shape index (κ3) is 5.89. The highest BCUT2D eigenvalue weighted by atomic mass is 32.2. The maximum absolute atomic E-state index is 14.1. The fourth-order valence-electron chi connectivity index (χ4n) is 4.74. The van der Waals surface area contributed by atoms with Crippen molar-refractivity contribution in [2.24, 2.45) is 10.2 Å². The summed E-state index contributed by atoms with van der Waals surface area (Å²) in [5.41, 5.74) is -0.112. The van der Waals surface area contributed by atoms with E-state index in [4.69, 9.17) is 0 Å². The van der Waals surface area contributed by atoms with Gasteiger partial charge in [0, 0.05) is 51.0 Å². The lowest BCUT2D eigenvalue weighted by Gasteiger charge is -2.34. The number of anilines is 1. The van der Waals surface area contributed by atoms with E-state index in [0.717, 1.165) is 12.3 Å². The van der Waals surface area contributed by atoms with E-state index in [9.17, 15) is 31.8 Å². The normalized spacial score (nSPS) is 16.7. The molecule has 2 N–H and O–H groups in total. The van der Waals surface area contributed by atoms with Gasteiger partial charge < -0.3 is 15.1 Å². The predicted molar refractivity (Wildman–Crippen MR) is 145 cm³/mol. The highest BCUT2D eigenvalue weighted by molar-refractivity contribution is 7.90. The van der Waals surface area contributed by atoms with Gasteiger partial charge in [-0.05, 0) is 40.6 Å². The number of halogens is 3. The zero-order chi connectivity index (χ0) is 28.7. The van der Waals surface area contributed by atoms with Gasteiger partial charge in [-0.3, -0.25) is 4.90 Å². The number of nitrogens with zero attached hydrogens (tertiary/aromatic N) is 5. The fourth-order valence-corrected chi connectivity index (χ4v) is 6.46. The number of rotatable bonds is 7. The Kier molecular flexibility index (Phi) is 7.70. The van der Waals surface area contributed by atoms with Crippen LogP contribution in [0.2, 0.25) is 0 Å². The van der Waals surface area contributed by atoms with Crippen LogP contribution < -0.4 is 15.5 Å². The van der Waals surface area contributed by atoms with E-state index in [2.05, 4.69) is 20.1 Å². The van der Waals surface area contributed by atoms with Crippen molar-refractivity contribution >= 4 is 38.1 Å². The van der Waals surface area contributed by atoms with Crippen molar-refractivity contribution < 1.29 is 31.8 Å².